The highest BCUT2D eigenvalue weighted by Gasteiger charge is 2.34. The van der Waals surface area contributed by atoms with Crippen molar-refractivity contribution in [1.82, 2.24) is 5.32 Å². The molecule has 0 unspecified atom stereocenters. The number of halogens is 1. The molecule has 0 radical (unpaired) electrons. The van der Waals surface area contributed by atoms with E-state index in [1.165, 1.54) is 31.7 Å². The Morgan fingerprint density at radius 1 is 1.21 bits per heavy atom. The van der Waals surface area contributed by atoms with Crippen LogP contribution in [0.15, 0.2) is 24.3 Å². The first-order valence-corrected chi connectivity index (χ1v) is 7.38. The first-order chi connectivity index (χ1) is 8.89. The third-order valence-electron chi connectivity index (χ3n) is 4.13. The lowest BCUT2D eigenvalue weighted by Gasteiger charge is -2.33. The molecule has 1 aliphatic rings. The molecule has 1 aliphatic carbocycles. The fraction of sp³-hybridized carbons (Fsp3) is 0.647. The summed E-state index contributed by atoms with van der Waals surface area (Å²) in [5.74, 6) is -0.116. The molecule has 0 heterocycles. The van der Waals surface area contributed by atoms with Crippen molar-refractivity contribution in [3.8, 4) is 0 Å². The lowest BCUT2D eigenvalue weighted by molar-refractivity contribution is 0.244. The zero-order valence-electron chi connectivity index (χ0n) is 12.4. The molecule has 0 amide bonds. The van der Waals surface area contributed by atoms with E-state index in [0.29, 0.717) is 5.41 Å². The molecule has 106 valence electrons. The van der Waals surface area contributed by atoms with Gasteiger partial charge in [-0.1, -0.05) is 25.0 Å². The second kappa shape index (κ2) is 5.62. The van der Waals surface area contributed by atoms with Gasteiger partial charge in [-0.05, 0) is 63.1 Å². The highest BCUT2D eigenvalue weighted by Crippen LogP contribution is 2.40. The molecule has 1 saturated carbocycles. The van der Waals surface area contributed by atoms with E-state index in [1.807, 2.05) is 6.07 Å². The molecule has 1 aromatic rings. The highest BCUT2D eigenvalue weighted by atomic mass is 19.1. The Labute approximate surface area is 116 Å². The van der Waals surface area contributed by atoms with Crippen molar-refractivity contribution in [2.45, 2.75) is 58.4 Å². The molecule has 19 heavy (non-hydrogen) atoms. The van der Waals surface area contributed by atoms with Crippen LogP contribution in [0.5, 0.6) is 0 Å². The minimum atomic E-state index is -0.116. The molecule has 1 aromatic carbocycles. The van der Waals surface area contributed by atoms with Crippen LogP contribution >= 0.6 is 0 Å². The lowest BCUT2D eigenvalue weighted by Crippen LogP contribution is -2.43. The van der Waals surface area contributed by atoms with Gasteiger partial charge in [-0.3, -0.25) is 0 Å². The van der Waals surface area contributed by atoms with Crippen LogP contribution in [0.2, 0.25) is 0 Å². The van der Waals surface area contributed by atoms with E-state index in [0.717, 1.165) is 18.5 Å². The normalized spacial score (nSPS) is 18.7. The van der Waals surface area contributed by atoms with Gasteiger partial charge in [-0.25, -0.2) is 4.39 Å². The predicted octanol–water partition coefficient (Wildman–Crippen LogP) is 4.32. The summed E-state index contributed by atoms with van der Waals surface area (Å²) in [6.07, 6.45) is 6.12. The van der Waals surface area contributed by atoms with Gasteiger partial charge in [0.1, 0.15) is 5.82 Å². The fourth-order valence-corrected chi connectivity index (χ4v) is 3.07. The fourth-order valence-electron chi connectivity index (χ4n) is 3.07. The third-order valence-corrected chi connectivity index (χ3v) is 4.13. The van der Waals surface area contributed by atoms with Crippen molar-refractivity contribution in [2.75, 3.05) is 6.54 Å². The molecule has 1 fully saturated rings. The molecule has 1 nitrogen and oxygen atoms in total. The van der Waals surface area contributed by atoms with Gasteiger partial charge in [0.25, 0.3) is 0 Å². The average molecular weight is 263 g/mol. The highest BCUT2D eigenvalue weighted by molar-refractivity contribution is 5.18. The van der Waals surface area contributed by atoms with Gasteiger partial charge in [0.05, 0.1) is 0 Å². The van der Waals surface area contributed by atoms with Crippen LogP contribution in [0.1, 0.15) is 52.0 Å². The Balaban J connectivity index is 2.07. The van der Waals surface area contributed by atoms with Gasteiger partial charge >= 0.3 is 0 Å². The number of nitrogens with one attached hydrogen (secondary N) is 1. The standard InChI is InChI=1S/C17H26FN/c1-16(2,3)19-13-17(9-4-5-10-17)12-14-7-6-8-15(18)11-14/h6-8,11,19H,4-5,9-10,12-13H2,1-3H3. The molecular weight excluding hydrogens is 237 g/mol. The van der Waals surface area contributed by atoms with Crippen molar-refractivity contribution in [3.05, 3.63) is 35.6 Å². The number of hydrogen-bond acceptors (Lipinski definition) is 1. The van der Waals surface area contributed by atoms with Crippen LogP contribution in [-0.2, 0) is 6.42 Å². The van der Waals surface area contributed by atoms with E-state index in [9.17, 15) is 4.39 Å². The van der Waals surface area contributed by atoms with Crippen LogP contribution in [0, 0.1) is 11.2 Å². The molecule has 0 atom stereocenters. The van der Waals surface area contributed by atoms with Crippen LogP contribution < -0.4 is 5.32 Å². The molecule has 0 bridgehead atoms. The summed E-state index contributed by atoms with van der Waals surface area (Å²) in [6.45, 7) is 7.65. The van der Waals surface area contributed by atoms with Crippen LogP contribution in [0.25, 0.3) is 0 Å². The van der Waals surface area contributed by atoms with Gasteiger partial charge in [-0.15, -0.1) is 0 Å². The van der Waals surface area contributed by atoms with Crippen molar-refractivity contribution in [3.63, 3.8) is 0 Å². The maximum Gasteiger partial charge on any atom is 0.123 e. The molecule has 0 saturated heterocycles. The molecule has 0 aromatic heterocycles. The molecule has 2 heteroatoms. The Morgan fingerprint density at radius 2 is 1.89 bits per heavy atom. The summed E-state index contributed by atoms with van der Waals surface area (Å²) < 4.78 is 13.3. The average Bonchev–Trinajstić information content (AvgIpc) is 2.75. The van der Waals surface area contributed by atoms with Gasteiger partial charge in [0.2, 0.25) is 0 Å². The zero-order chi connectivity index (χ0) is 13.9. The van der Waals surface area contributed by atoms with Gasteiger partial charge in [-0.2, -0.15) is 0 Å². The maximum atomic E-state index is 13.3. The number of benzene rings is 1. The van der Waals surface area contributed by atoms with Gasteiger partial charge in [0.15, 0.2) is 0 Å². The first-order valence-electron chi connectivity index (χ1n) is 7.38. The van der Waals surface area contributed by atoms with Crippen molar-refractivity contribution >= 4 is 0 Å². The third kappa shape index (κ3) is 4.31. The Hall–Kier alpha value is -0.890. The van der Waals surface area contributed by atoms with E-state index < -0.39 is 0 Å². The largest absolute Gasteiger partial charge is 0.312 e. The summed E-state index contributed by atoms with van der Waals surface area (Å²) in [4.78, 5) is 0. The predicted molar refractivity (Wildman–Crippen MR) is 78.8 cm³/mol. The molecule has 1 N–H and O–H groups in total. The second-order valence-electron chi connectivity index (χ2n) is 7.12. The molecular formula is C17H26FN. The smallest absolute Gasteiger partial charge is 0.123 e. The summed E-state index contributed by atoms with van der Waals surface area (Å²) >= 11 is 0. The van der Waals surface area contributed by atoms with Crippen molar-refractivity contribution in [1.29, 1.82) is 0 Å². The quantitative estimate of drug-likeness (QED) is 0.853. The van der Waals surface area contributed by atoms with Crippen molar-refractivity contribution < 1.29 is 4.39 Å². The number of rotatable bonds is 4. The van der Waals surface area contributed by atoms with E-state index in [1.54, 1.807) is 6.07 Å². The molecule has 0 spiro atoms. The maximum absolute atomic E-state index is 13.3. The summed E-state index contributed by atoms with van der Waals surface area (Å²) in [7, 11) is 0. The SMILES string of the molecule is CC(C)(C)NCC1(Cc2cccc(F)c2)CCCC1. The van der Waals surface area contributed by atoms with Crippen LogP contribution in [0.3, 0.4) is 0 Å². The van der Waals surface area contributed by atoms with E-state index in [-0.39, 0.29) is 11.4 Å². The minimum Gasteiger partial charge on any atom is -0.312 e. The molecule has 2 rings (SSSR count). The second-order valence-corrected chi connectivity index (χ2v) is 7.12. The summed E-state index contributed by atoms with van der Waals surface area (Å²) in [5, 5.41) is 3.65. The van der Waals surface area contributed by atoms with E-state index in [4.69, 9.17) is 0 Å². The Morgan fingerprint density at radius 3 is 2.47 bits per heavy atom. The Bertz CT molecular complexity index is 414. The van der Waals surface area contributed by atoms with E-state index >= 15 is 0 Å². The summed E-state index contributed by atoms with van der Waals surface area (Å²) in [5.41, 5.74) is 1.61. The summed E-state index contributed by atoms with van der Waals surface area (Å²) in [6, 6.07) is 7.10. The van der Waals surface area contributed by atoms with Crippen LogP contribution in [0.4, 0.5) is 4.39 Å². The lowest BCUT2D eigenvalue weighted by atomic mass is 9.79. The first kappa shape index (κ1) is 14.5. The van der Waals surface area contributed by atoms with E-state index in [2.05, 4.69) is 32.2 Å². The number of hydrogen-bond donors (Lipinski definition) is 1. The Kier molecular flexibility index (Phi) is 4.29. The topological polar surface area (TPSA) is 12.0 Å². The molecule has 0 aliphatic heterocycles. The van der Waals surface area contributed by atoms with Gasteiger partial charge < -0.3 is 5.32 Å². The van der Waals surface area contributed by atoms with Crippen molar-refractivity contribution in [2.24, 2.45) is 5.41 Å². The minimum absolute atomic E-state index is 0.116. The van der Waals surface area contributed by atoms with Gasteiger partial charge in [0, 0.05) is 12.1 Å². The van der Waals surface area contributed by atoms with Crippen LogP contribution in [-0.4, -0.2) is 12.1 Å². The monoisotopic (exact) mass is 263 g/mol. The zero-order valence-corrected chi connectivity index (χ0v) is 12.4.